The third-order valence-electron chi connectivity index (χ3n) is 3.17. The molecule has 1 aromatic rings. The van der Waals surface area contributed by atoms with Crippen LogP contribution in [-0.4, -0.2) is 29.8 Å². The van der Waals surface area contributed by atoms with Crippen LogP contribution >= 0.6 is 11.6 Å². The largest absolute Gasteiger partial charge is 0.342 e. The lowest BCUT2D eigenvalue weighted by Crippen LogP contribution is -2.31. The second-order valence-corrected chi connectivity index (χ2v) is 6.84. The molecular formula is C16H24ClNO. The van der Waals surface area contributed by atoms with Crippen LogP contribution in [0.2, 0.25) is 0 Å². The highest BCUT2D eigenvalue weighted by Crippen LogP contribution is 2.26. The monoisotopic (exact) mass is 281 g/mol. The maximum atomic E-state index is 12.5. The number of benzene rings is 1. The predicted octanol–water partition coefficient (Wildman–Crippen LogP) is 4.07. The van der Waals surface area contributed by atoms with Crippen LogP contribution in [0.25, 0.3) is 0 Å². The van der Waals surface area contributed by atoms with Gasteiger partial charge in [0.25, 0.3) is 5.91 Å². The Morgan fingerprint density at radius 3 is 2.42 bits per heavy atom. The molecule has 0 aliphatic rings. The van der Waals surface area contributed by atoms with Gasteiger partial charge in [0, 0.05) is 24.5 Å². The number of carbonyl (C=O) groups excluding carboxylic acids is 1. The van der Waals surface area contributed by atoms with Gasteiger partial charge in [-0.05, 0) is 30.4 Å². The first kappa shape index (κ1) is 16.0. The summed E-state index contributed by atoms with van der Waals surface area (Å²) in [6.45, 7) is 9.00. The number of carbonyl (C=O) groups is 1. The molecule has 0 heterocycles. The Hall–Kier alpha value is -1.02. The van der Waals surface area contributed by atoms with Crippen molar-refractivity contribution < 1.29 is 4.79 Å². The van der Waals surface area contributed by atoms with E-state index in [-0.39, 0.29) is 16.7 Å². The minimum absolute atomic E-state index is 0.0349. The zero-order valence-electron chi connectivity index (χ0n) is 12.5. The van der Waals surface area contributed by atoms with Gasteiger partial charge >= 0.3 is 0 Å². The van der Waals surface area contributed by atoms with Gasteiger partial charge in [-0.3, -0.25) is 4.79 Å². The van der Waals surface area contributed by atoms with Gasteiger partial charge in [-0.1, -0.05) is 39.0 Å². The summed E-state index contributed by atoms with van der Waals surface area (Å²) in [5.41, 5.74) is 1.85. The van der Waals surface area contributed by atoms with E-state index in [0.29, 0.717) is 6.54 Å². The van der Waals surface area contributed by atoms with Gasteiger partial charge in [0.05, 0.1) is 0 Å². The Morgan fingerprint density at radius 1 is 1.32 bits per heavy atom. The predicted molar refractivity (Wildman–Crippen MR) is 82.0 cm³/mol. The van der Waals surface area contributed by atoms with Crippen molar-refractivity contribution in [1.82, 2.24) is 4.90 Å². The summed E-state index contributed by atoms with van der Waals surface area (Å²) in [5, 5.41) is 0.0908. The van der Waals surface area contributed by atoms with Gasteiger partial charge in [0.15, 0.2) is 0 Å². The van der Waals surface area contributed by atoms with Crippen molar-refractivity contribution in [3.8, 4) is 0 Å². The molecule has 0 aromatic heterocycles. The van der Waals surface area contributed by atoms with Crippen molar-refractivity contribution in [3.63, 3.8) is 0 Å². The molecule has 3 heteroatoms. The molecule has 0 radical (unpaired) electrons. The number of alkyl halides is 1. The molecule has 0 bridgehead atoms. The van der Waals surface area contributed by atoms with Crippen molar-refractivity contribution in [2.24, 2.45) is 0 Å². The fraction of sp³-hybridized carbons (Fsp3) is 0.562. The number of nitrogens with zero attached hydrogens (tertiary/aromatic N) is 1. The lowest BCUT2D eigenvalue weighted by atomic mass is 9.83. The van der Waals surface area contributed by atoms with Crippen LogP contribution in [0.4, 0.5) is 0 Å². The second-order valence-electron chi connectivity index (χ2n) is 6.09. The molecule has 0 saturated carbocycles. The summed E-state index contributed by atoms with van der Waals surface area (Å²) in [7, 11) is 1.83. The molecule has 0 saturated heterocycles. The van der Waals surface area contributed by atoms with E-state index >= 15 is 0 Å². The Balaban J connectivity index is 2.94. The quantitative estimate of drug-likeness (QED) is 0.762. The van der Waals surface area contributed by atoms with Gasteiger partial charge in [0.1, 0.15) is 0 Å². The topological polar surface area (TPSA) is 20.3 Å². The van der Waals surface area contributed by atoms with E-state index < -0.39 is 0 Å². The fourth-order valence-electron chi connectivity index (χ4n) is 2.00. The summed E-state index contributed by atoms with van der Waals surface area (Å²) in [5.74, 6) is 0.0721. The maximum Gasteiger partial charge on any atom is 0.253 e. The minimum atomic E-state index is -0.0349. The summed E-state index contributed by atoms with van der Waals surface area (Å²) in [4.78, 5) is 14.3. The van der Waals surface area contributed by atoms with Gasteiger partial charge < -0.3 is 4.90 Å². The zero-order chi connectivity index (χ0) is 14.6. The number of hydrogen-bond acceptors (Lipinski definition) is 1. The highest BCUT2D eigenvalue weighted by molar-refractivity contribution is 6.20. The molecule has 1 rings (SSSR count). The number of hydrogen-bond donors (Lipinski definition) is 0. The molecule has 19 heavy (non-hydrogen) atoms. The molecule has 1 unspecified atom stereocenters. The maximum absolute atomic E-state index is 12.5. The minimum Gasteiger partial charge on any atom is -0.342 e. The van der Waals surface area contributed by atoms with Crippen molar-refractivity contribution >= 4 is 17.5 Å². The van der Waals surface area contributed by atoms with E-state index in [0.717, 1.165) is 17.5 Å². The second kappa shape index (κ2) is 6.42. The smallest absolute Gasteiger partial charge is 0.253 e. The average Bonchev–Trinajstić information content (AvgIpc) is 2.34. The molecule has 1 aromatic carbocycles. The normalized spacial score (nSPS) is 13.2. The molecule has 0 aliphatic carbocycles. The average molecular weight is 282 g/mol. The molecule has 0 N–H and O–H groups in total. The first-order valence-corrected chi connectivity index (χ1v) is 7.16. The Labute approximate surface area is 121 Å². The molecule has 106 valence electrons. The first-order valence-electron chi connectivity index (χ1n) is 6.72. The number of halogens is 1. The van der Waals surface area contributed by atoms with E-state index in [1.807, 2.05) is 38.2 Å². The molecular weight excluding hydrogens is 258 g/mol. The highest BCUT2D eigenvalue weighted by Gasteiger charge is 2.22. The van der Waals surface area contributed by atoms with E-state index in [2.05, 4.69) is 20.8 Å². The van der Waals surface area contributed by atoms with Gasteiger partial charge in [-0.25, -0.2) is 0 Å². The summed E-state index contributed by atoms with van der Waals surface area (Å²) in [6, 6.07) is 7.84. The highest BCUT2D eigenvalue weighted by atomic mass is 35.5. The third kappa shape index (κ3) is 4.54. The van der Waals surface area contributed by atoms with Crippen molar-refractivity contribution in [1.29, 1.82) is 0 Å². The van der Waals surface area contributed by atoms with Crippen LogP contribution in [0, 0.1) is 0 Å². The number of amides is 1. The van der Waals surface area contributed by atoms with Gasteiger partial charge in [0.2, 0.25) is 0 Å². The molecule has 1 atom stereocenters. The lowest BCUT2D eigenvalue weighted by Gasteiger charge is -2.25. The standard InChI is InChI=1S/C16H24ClNO/c1-12(17)10-11-18(5)15(19)13-8-6-7-9-14(13)16(2,3)4/h6-9,12H,10-11H2,1-5H3. The Kier molecular flexibility index (Phi) is 5.42. The number of rotatable bonds is 4. The van der Waals surface area contributed by atoms with Crippen LogP contribution in [0.5, 0.6) is 0 Å². The van der Waals surface area contributed by atoms with E-state index in [1.54, 1.807) is 4.90 Å². The summed E-state index contributed by atoms with van der Waals surface area (Å²) >= 11 is 5.94. The first-order chi connectivity index (χ1) is 8.73. The zero-order valence-corrected chi connectivity index (χ0v) is 13.3. The molecule has 2 nitrogen and oxygen atoms in total. The van der Waals surface area contributed by atoms with Crippen molar-refractivity contribution in [2.45, 2.75) is 44.9 Å². The van der Waals surface area contributed by atoms with E-state index in [1.165, 1.54) is 0 Å². The molecule has 1 amide bonds. The van der Waals surface area contributed by atoms with Crippen LogP contribution in [0.1, 0.15) is 50.0 Å². The fourth-order valence-corrected chi connectivity index (χ4v) is 2.10. The van der Waals surface area contributed by atoms with Crippen molar-refractivity contribution in [3.05, 3.63) is 35.4 Å². The van der Waals surface area contributed by atoms with Crippen LogP contribution in [0.3, 0.4) is 0 Å². The Morgan fingerprint density at radius 2 is 1.89 bits per heavy atom. The molecule has 0 aliphatic heterocycles. The molecule has 0 fully saturated rings. The third-order valence-corrected chi connectivity index (χ3v) is 3.39. The van der Waals surface area contributed by atoms with Crippen LogP contribution in [-0.2, 0) is 5.41 Å². The summed E-state index contributed by atoms with van der Waals surface area (Å²) in [6.07, 6.45) is 0.807. The SMILES string of the molecule is CC(Cl)CCN(C)C(=O)c1ccccc1C(C)(C)C. The van der Waals surface area contributed by atoms with Crippen LogP contribution in [0.15, 0.2) is 24.3 Å². The van der Waals surface area contributed by atoms with Gasteiger partial charge in [-0.2, -0.15) is 0 Å². The van der Waals surface area contributed by atoms with E-state index in [4.69, 9.17) is 11.6 Å². The van der Waals surface area contributed by atoms with Crippen LogP contribution < -0.4 is 0 Å². The molecule has 0 spiro atoms. The summed E-state index contributed by atoms with van der Waals surface area (Å²) < 4.78 is 0. The van der Waals surface area contributed by atoms with Crippen molar-refractivity contribution in [2.75, 3.05) is 13.6 Å². The Bertz CT molecular complexity index is 435. The van der Waals surface area contributed by atoms with E-state index in [9.17, 15) is 4.79 Å². The van der Waals surface area contributed by atoms with Gasteiger partial charge in [-0.15, -0.1) is 11.6 Å². The lowest BCUT2D eigenvalue weighted by molar-refractivity contribution is 0.0791.